The van der Waals surface area contributed by atoms with E-state index in [0.717, 1.165) is 24.5 Å². The lowest BCUT2D eigenvalue weighted by atomic mass is 10.1. The van der Waals surface area contributed by atoms with Gasteiger partial charge in [-0.1, -0.05) is 6.42 Å². The molecular weight excluding hydrogens is 384 g/mol. The topological polar surface area (TPSA) is 82.6 Å². The van der Waals surface area contributed by atoms with Crippen LogP contribution in [-0.2, 0) is 20.1 Å². The second kappa shape index (κ2) is 7.32. The zero-order chi connectivity index (χ0) is 20.8. The van der Waals surface area contributed by atoms with Crippen LogP contribution in [-0.4, -0.2) is 47.6 Å². The van der Waals surface area contributed by atoms with Crippen LogP contribution in [0.25, 0.3) is 16.9 Å². The normalized spacial score (nSPS) is 15.5. The molecule has 30 heavy (non-hydrogen) atoms. The van der Waals surface area contributed by atoms with Gasteiger partial charge in [-0.25, -0.2) is 4.79 Å². The van der Waals surface area contributed by atoms with Crippen LogP contribution in [0, 0.1) is 6.92 Å². The summed E-state index contributed by atoms with van der Waals surface area (Å²) in [4.78, 5) is 33.2. The molecule has 4 aromatic heterocycles. The van der Waals surface area contributed by atoms with Crippen LogP contribution < -0.4 is 11.2 Å². The zero-order valence-corrected chi connectivity index (χ0v) is 17.4. The van der Waals surface area contributed by atoms with Crippen molar-refractivity contribution < 1.29 is 4.42 Å². The molecule has 158 valence electrons. The number of imidazole rings is 2. The van der Waals surface area contributed by atoms with Crippen LogP contribution in [0.1, 0.15) is 30.7 Å². The summed E-state index contributed by atoms with van der Waals surface area (Å²) in [6, 6.07) is 3.75. The molecule has 0 unspecified atom stereocenters. The Morgan fingerprint density at radius 1 is 1.10 bits per heavy atom. The molecule has 0 radical (unpaired) electrons. The van der Waals surface area contributed by atoms with E-state index in [-0.39, 0.29) is 11.2 Å². The van der Waals surface area contributed by atoms with E-state index in [4.69, 9.17) is 4.42 Å². The SMILES string of the molecule is Cc1cn2c3c(=O)n(CCN4CCCCC4)c(=O)n(C)c3nc2n1Cc1ccco1. The maximum absolute atomic E-state index is 13.3. The van der Waals surface area contributed by atoms with Gasteiger partial charge in [0, 0.05) is 32.0 Å². The summed E-state index contributed by atoms with van der Waals surface area (Å²) in [6.07, 6.45) is 7.15. The number of likely N-dealkylation sites (tertiary alicyclic amines) is 1. The fourth-order valence-corrected chi connectivity index (χ4v) is 4.43. The van der Waals surface area contributed by atoms with Gasteiger partial charge in [-0.3, -0.25) is 18.3 Å². The molecule has 1 fully saturated rings. The number of furan rings is 1. The van der Waals surface area contributed by atoms with Gasteiger partial charge >= 0.3 is 5.69 Å². The van der Waals surface area contributed by atoms with Crippen molar-refractivity contribution in [3.63, 3.8) is 0 Å². The average molecular weight is 410 g/mol. The molecule has 5 heterocycles. The number of fused-ring (bicyclic) bond motifs is 3. The fraction of sp³-hybridized carbons (Fsp3) is 0.476. The predicted octanol–water partition coefficient (Wildman–Crippen LogP) is 1.59. The predicted molar refractivity (Wildman–Crippen MR) is 113 cm³/mol. The van der Waals surface area contributed by atoms with Crippen molar-refractivity contribution in [2.45, 2.75) is 39.3 Å². The van der Waals surface area contributed by atoms with Crippen molar-refractivity contribution in [2.24, 2.45) is 7.05 Å². The van der Waals surface area contributed by atoms with Crippen LogP contribution in [0.2, 0.25) is 0 Å². The van der Waals surface area contributed by atoms with E-state index in [1.54, 1.807) is 17.7 Å². The number of aryl methyl sites for hydroxylation is 2. The lowest BCUT2D eigenvalue weighted by molar-refractivity contribution is 0.218. The summed E-state index contributed by atoms with van der Waals surface area (Å²) in [5.74, 6) is 1.43. The second-order valence-corrected chi connectivity index (χ2v) is 8.09. The van der Waals surface area contributed by atoms with Gasteiger partial charge in [0.25, 0.3) is 5.56 Å². The van der Waals surface area contributed by atoms with Crippen molar-refractivity contribution in [3.05, 3.63) is 56.9 Å². The molecule has 0 bridgehead atoms. The molecule has 0 saturated carbocycles. The highest BCUT2D eigenvalue weighted by Crippen LogP contribution is 2.18. The summed E-state index contributed by atoms with van der Waals surface area (Å²) in [5.41, 5.74) is 1.20. The standard InChI is InChI=1S/C21H26N6O3/c1-15-13-27-17-18(22-20(27)26(15)14-16-7-6-12-30-16)23(2)21(29)25(19(17)28)11-10-24-8-4-3-5-9-24/h6-7,12-13H,3-5,8-11,14H2,1-2H3. The highest BCUT2D eigenvalue weighted by molar-refractivity contribution is 5.75. The Labute approximate surface area is 172 Å². The molecule has 0 spiro atoms. The van der Waals surface area contributed by atoms with Crippen molar-refractivity contribution in [1.29, 1.82) is 0 Å². The van der Waals surface area contributed by atoms with Crippen molar-refractivity contribution in [1.82, 2.24) is 28.0 Å². The first kappa shape index (κ1) is 18.9. The molecule has 9 nitrogen and oxygen atoms in total. The molecule has 0 amide bonds. The lowest BCUT2D eigenvalue weighted by Crippen LogP contribution is -2.43. The minimum atomic E-state index is -0.320. The molecule has 0 aliphatic carbocycles. The second-order valence-electron chi connectivity index (χ2n) is 8.09. The van der Waals surface area contributed by atoms with Gasteiger partial charge in [-0.2, -0.15) is 4.98 Å². The summed E-state index contributed by atoms with van der Waals surface area (Å²) in [7, 11) is 1.68. The van der Waals surface area contributed by atoms with Crippen LogP contribution in [0.5, 0.6) is 0 Å². The first-order chi connectivity index (χ1) is 14.5. The molecule has 1 aliphatic heterocycles. The summed E-state index contributed by atoms with van der Waals surface area (Å²) in [6.45, 7) is 5.64. The number of aromatic nitrogens is 5. The van der Waals surface area contributed by atoms with Crippen LogP contribution >= 0.6 is 0 Å². The number of piperidine rings is 1. The third-order valence-corrected chi connectivity index (χ3v) is 6.12. The maximum Gasteiger partial charge on any atom is 0.332 e. The Hall–Kier alpha value is -3.07. The largest absolute Gasteiger partial charge is 0.467 e. The average Bonchev–Trinajstić information content (AvgIpc) is 3.45. The summed E-state index contributed by atoms with van der Waals surface area (Å²) < 4.78 is 12.1. The van der Waals surface area contributed by atoms with Crippen LogP contribution in [0.4, 0.5) is 0 Å². The minimum Gasteiger partial charge on any atom is -0.467 e. The highest BCUT2D eigenvalue weighted by atomic mass is 16.3. The number of nitrogens with zero attached hydrogens (tertiary/aromatic N) is 6. The third-order valence-electron chi connectivity index (χ3n) is 6.12. The van der Waals surface area contributed by atoms with Gasteiger partial charge in [0.2, 0.25) is 5.78 Å². The fourth-order valence-electron chi connectivity index (χ4n) is 4.43. The Balaban J connectivity index is 1.60. The van der Waals surface area contributed by atoms with Crippen molar-refractivity contribution in [3.8, 4) is 0 Å². The van der Waals surface area contributed by atoms with E-state index in [9.17, 15) is 9.59 Å². The molecule has 1 aliphatic rings. The van der Waals surface area contributed by atoms with Crippen LogP contribution in [0.15, 0.2) is 38.6 Å². The monoisotopic (exact) mass is 410 g/mol. The maximum atomic E-state index is 13.3. The molecule has 1 saturated heterocycles. The van der Waals surface area contributed by atoms with Crippen LogP contribution in [0.3, 0.4) is 0 Å². The zero-order valence-electron chi connectivity index (χ0n) is 17.4. The molecule has 0 aromatic carbocycles. The minimum absolute atomic E-state index is 0.284. The van der Waals surface area contributed by atoms with Gasteiger partial charge in [0.15, 0.2) is 11.2 Å². The third kappa shape index (κ3) is 3.00. The first-order valence-electron chi connectivity index (χ1n) is 10.5. The summed E-state index contributed by atoms with van der Waals surface area (Å²) in [5, 5.41) is 0. The van der Waals surface area contributed by atoms with E-state index in [1.807, 2.05) is 29.8 Å². The molecule has 0 atom stereocenters. The Bertz CT molecular complexity index is 1320. The summed E-state index contributed by atoms with van der Waals surface area (Å²) >= 11 is 0. The Morgan fingerprint density at radius 3 is 2.63 bits per heavy atom. The van der Waals surface area contributed by atoms with Gasteiger partial charge in [-0.05, 0) is 45.0 Å². The van der Waals surface area contributed by atoms with E-state index < -0.39 is 0 Å². The molecule has 5 rings (SSSR count). The number of hydrogen-bond donors (Lipinski definition) is 0. The lowest BCUT2D eigenvalue weighted by Gasteiger charge is -2.26. The number of rotatable bonds is 5. The van der Waals surface area contributed by atoms with E-state index in [1.165, 1.54) is 28.4 Å². The number of hydrogen-bond acceptors (Lipinski definition) is 5. The van der Waals surface area contributed by atoms with Gasteiger partial charge in [0.05, 0.1) is 12.8 Å². The van der Waals surface area contributed by atoms with Crippen molar-refractivity contribution >= 4 is 16.9 Å². The molecule has 4 aromatic rings. The molecule has 9 heteroatoms. The Kier molecular flexibility index (Phi) is 4.62. The smallest absolute Gasteiger partial charge is 0.332 e. The van der Waals surface area contributed by atoms with Gasteiger partial charge < -0.3 is 13.9 Å². The van der Waals surface area contributed by atoms with Gasteiger partial charge in [0.1, 0.15) is 5.76 Å². The van der Waals surface area contributed by atoms with Crippen molar-refractivity contribution in [2.75, 3.05) is 19.6 Å². The van der Waals surface area contributed by atoms with E-state index >= 15 is 0 Å². The Morgan fingerprint density at radius 2 is 1.90 bits per heavy atom. The van der Waals surface area contributed by atoms with E-state index in [2.05, 4.69) is 9.88 Å². The van der Waals surface area contributed by atoms with E-state index in [0.29, 0.717) is 36.6 Å². The highest BCUT2D eigenvalue weighted by Gasteiger charge is 2.21. The molecular formula is C21H26N6O3. The quantitative estimate of drug-likeness (QED) is 0.499. The van der Waals surface area contributed by atoms with Gasteiger partial charge in [-0.15, -0.1) is 0 Å². The first-order valence-corrected chi connectivity index (χ1v) is 10.5. The molecule has 0 N–H and O–H groups in total.